The zero-order valence-corrected chi connectivity index (χ0v) is 20.7. The lowest BCUT2D eigenvalue weighted by atomic mass is 9.87. The average Bonchev–Trinajstić information content (AvgIpc) is 3.57. The number of carbonyl (C=O) groups excluding carboxylic acids is 1. The number of alkyl halides is 3. The fourth-order valence-corrected chi connectivity index (χ4v) is 5.80. The van der Waals surface area contributed by atoms with Gasteiger partial charge in [0.2, 0.25) is 0 Å². The summed E-state index contributed by atoms with van der Waals surface area (Å²) in [7, 11) is 0. The van der Waals surface area contributed by atoms with Gasteiger partial charge in [0.05, 0.1) is 13.2 Å². The van der Waals surface area contributed by atoms with Crippen molar-refractivity contribution in [2.45, 2.75) is 51.1 Å². The predicted octanol–water partition coefficient (Wildman–Crippen LogP) is 4.70. The molecule has 5 heterocycles. The molecule has 0 bridgehead atoms. The van der Waals surface area contributed by atoms with Gasteiger partial charge in [-0.15, -0.1) is 0 Å². The molecule has 0 spiro atoms. The van der Waals surface area contributed by atoms with Gasteiger partial charge in [-0.25, -0.2) is 9.78 Å². The molecular weight excluding hydrogens is 483 g/mol. The number of aromatic nitrogens is 2. The van der Waals surface area contributed by atoms with E-state index in [1.54, 1.807) is 4.90 Å². The molecular formula is C27H30F3N5O2. The second-order valence-corrected chi connectivity index (χ2v) is 10.2. The molecule has 1 unspecified atom stereocenters. The molecule has 2 saturated heterocycles. The number of hydrogen-bond donors (Lipinski definition) is 2. The lowest BCUT2D eigenvalue weighted by molar-refractivity contribution is -0.234. The van der Waals surface area contributed by atoms with Crippen molar-refractivity contribution in [1.82, 2.24) is 25.1 Å². The number of ether oxygens (including phenoxy) is 1. The normalized spacial score (nSPS) is 22.5. The van der Waals surface area contributed by atoms with Crippen LogP contribution >= 0.6 is 0 Å². The number of aryl methyl sites for hydroxylation is 1. The molecule has 196 valence electrons. The van der Waals surface area contributed by atoms with Crippen LogP contribution in [0, 0.1) is 6.92 Å². The van der Waals surface area contributed by atoms with Gasteiger partial charge in [0.1, 0.15) is 5.65 Å². The van der Waals surface area contributed by atoms with Crippen LogP contribution in [0.1, 0.15) is 41.1 Å². The largest absolute Gasteiger partial charge is 0.416 e. The molecule has 6 rings (SSSR count). The summed E-state index contributed by atoms with van der Waals surface area (Å²) in [6.45, 7) is 3.45. The van der Waals surface area contributed by atoms with Gasteiger partial charge in [-0.2, -0.15) is 13.2 Å². The van der Waals surface area contributed by atoms with Crippen molar-refractivity contribution in [1.29, 1.82) is 0 Å². The third-order valence-corrected chi connectivity index (χ3v) is 7.86. The zero-order chi connectivity index (χ0) is 25.7. The summed E-state index contributed by atoms with van der Waals surface area (Å²) in [5.74, 6) is 0. The van der Waals surface area contributed by atoms with E-state index in [9.17, 15) is 18.0 Å². The number of pyridine rings is 1. The first-order valence-electron chi connectivity index (χ1n) is 12.8. The molecule has 10 heteroatoms. The number of amides is 2. The minimum absolute atomic E-state index is 0.111. The van der Waals surface area contributed by atoms with Crippen LogP contribution in [0.5, 0.6) is 0 Å². The number of nitrogens with one attached hydrogen (secondary N) is 2. The Morgan fingerprint density at radius 1 is 1.16 bits per heavy atom. The first-order chi connectivity index (χ1) is 17.8. The molecule has 2 amide bonds. The molecule has 1 aromatic carbocycles. The van der Waals surface area contributed by atoms with E-state index < -0.39 is 18.8 Å². The molecule has 0 saturated carbocycles. The highest BCUT2D eigenvalue weighted by molar-refractivity contribution is 5.84. The Hall–Kier alpha value is -3.11. The molecule has 2 aromatic heterocycles. The van der Waals surface area contributed by atoms with Crippen LogP contribution in [0.15, 0.2) is 30.6 Å². The number of H-pyrrole nitrogens is 1. The number of aromatic amines is 1. The summed E-state index contributed by atoms with van der Waals surface area (Å²) in [6.07, 6.45) is 0.170. The van der Waals surface area contributed by atoms with E-state index >= 15 is 0 Å². The number of urea groups is 1. The van der Waals surface area contributed by atoms with Gasteiger partial charge in [0.15, 0.2) is 6.10 Å². The molecule has 0 radical (unpaired) electrons. The zero-order valence-electron chi connectivity index (χ0n) is 20.7. The number of morpholine rings is 1. The lowest BCUT2D eigenvalue weighted by Crippen LogP contribution is -2.55. The van der Waals surface area contributed by atoms with Gasteiger partial charge < -0.3 is 24.8 Å². The number of nitrogens with zero attached hydrogens (tertiary/aromatic N) is 3. The number of rotatable bonds is 2. The summed E-state index contributed by atoms with van der Waals surface area (Å²) in [5, 5.41) is 4.68. The highest BCUT2D eigenvalue weighted by Crippen LogP contribution is 2.37. The van der Waals surface area contributed by atoms with Crippen LogP contribution in [0.25, 0.3) is 22.2 Å². The molecule has 3 aliphatic rings. The van der Waals surface area contributed by atoms with E-state index in [4.69, 9.17) is 4.74 Å². The Morgan fingerprint density at radius 2 is 2.03 bits per heavy atom. The molecule has 3 aliphatic heterocycles. The SMILES string of the molecule is Cc1c[nH]c2ncc(-c3cc4c(c([C@@H]5CCCN5)c3)CN(C(=O)N3CCOC(C(F)(F)F)C3)CC4)cc12. The van der Waals surface area contributed by atoms with Crippen molar-refractivity contribution in [3.05, 3.63) is 52.8 Å². The fourth-order valence-electron chi connectivity index (χ4n) is 5.80. The van der Waals surface area contributed by atoms with Gasteiger partial charge >= 0.3 is 12.2 Å². The maximum atomic E-state index is 13.3. The molecule has 3 aromatic rings. The van der Waals surface area contributed by atoms with Gasteiger partial charge in [0.25, 0.3) is 0 Å². The van der Waals surface area contributed by atoms with Crippen LogP contribution in [0.4, 0.5) is 18.0 Å². The van der Waals surface area contributed by atoms with E-state index in [0.29, 0.717) is 19.5 Å². The van der Waals surface area contributed by atoms with Gasteiger partial charge in [0, 0.05) is 49.0 Å². The van der Waals surface area contributed by atoms with Gasteiger partial charge in [-0.3, -0.25) is 0 Å². The topological polar surface area (TPSA) is 73.5 Å². The Kier molecular flexibility index (Phi) is 6.11. The van der Waals surface area contributed by atoms with Crippen molar-refractivity contribution in [3.8, 4) is 11.1 Å². The summed E-state index contributed by atoms with van der Waals surface area (Å²) in [6, 6.07) is 6.39. The Bertz CT molecular complexity index is 1330. The van der Waals surface area contributed by atoms with Crippen molar-refractivity contribution in [3.63, 3.8) is 0 Å². The van der Waals surface area contributed by atoms with Crippen molar-refractivity contribution in [2.24, 2.45) is 0 Å². The Labute approximate surface area is 213 Å². The maximum absolute atomic E-state index is 13.3. The molecule has 7 nitrogen and oxygen atoms in total. The Balaban J connectivity index is 1.31. The van der Waals surface area contributed by atoms with E-state index in [1.165, 1.54) is 16.0 Å². The minimum atomic E-state index is -4.48. The van der Waals surface area contributed by atoms with E-state index in [-0.39, 0.29) is 25.2 Å². The molecule has 2 fully saturated rings. The number of carbonyl (C=O) groups is 1. The number of hydrogen-bond acceptors (Lipinski definition) is 4. The van der Waals surface area contributed by atoms with Crippen LogP contribution in [-0.4, -0.2) is 70.9 Å². The molecule has 2 N–H and O–H groups in total. The average molecular weight is 514 g/mol. The molecule has 37 heavy (non-hydrogen) atoms. The predicted molar refractivity (Wildman–Crippen MR) is 133 cm³/mol. The smallest absolute Gasteiger partial charge is 0.365 e. The molecule has 2 atom stereocenters. The van der Waals surface area contributed by atoms with Crippen LogP contribution < -0.4 is 5.32 Å². The summed E-state index contributed by atoms with van der Waals surface area (Å²) < 4.78 is 44.5. The second kappa shape index (κ2) is 9.33. The van der Waals surface area contributed by atoms with E-state index in [0.717, 1.165) is 52.7 Å². The van der Waals surface area contributed by atoms with Crippen molar-refractivity contribution < 1.29 is 22.7 Å². The summed E-state index contributed by atoms with van der Waals surface area (Å²) in [4.78, 5) is 24.1. The second-order valence-electron chi connectivity index (χ2n) is 10.2. The lowest BCUT2D eigenvalue weighted by Gasteiger charge is -2.39. The number of halogens is 3. The van der Waals surface area contributed by atoms with E-state index in [2.05, 4.69) is 40.4 Å². The van der Waals surface area contributed by atoms with Gasteiger partial charge in [-0.1, -0.05) is 6.07 Å². The monoisotopic (exact) mass is 513 g/mol. The van der Waals surface area contributed by atoms with Crippen molar-refractivity contribution >= 4 is 17.1 Å². The summed E-state index contributed by atoms with van der Waals surface area (Å²) >= 11 is 0. The van der Waals surface area contributed by atoms with Crippen LogP contribution in [0.2, 0.25) is 0 Å². The van der Waals surface area contributed by atoms with Gasteiger partial charge in [-0.05, 0) is 72.7 Å². The Morgan fingerprint density at radius 3 is 2.81 bits per heavy atom. The number of fused-ring (bicyclic) bond motifs is 2. The fraction of sp³-hybridized carbons (Fsp3) is 0.481. The standard InChI is InChI=1S/C27H30F3N5O2/c1-16-12-32-25-20(16)11-19(13-33-25)18-9-17-4-6-34(14-22(17)21(10-18)23-3-2-5-31-23)26(36)35-7-8-37-24(15-35)27(28,29)30/h9-13,23-24,31H,2-8,14-15H2,1H3,(H,32,33)/t23-,24?/m0/s1. The first kappa shape index (κ1) is 24.2. The summed E-state index contributed by atoms with van der Waals surface area (Å²) in [5.41, 5.74) is 7.61. The maximum Gasteiger partial charge on any atom is 0.416 e. The van der Waals surface area contributed by atoms with E-state index in [1.807, 2.05) is 12.4 Å². The van der Waals surface area contributed by atoms with Crippen LogP contribution in [0.3, 0.4) is 0 Å². The molecule has 0 aliphatic carbocycles. The van der Waals surface area contributed by atoms with Crippen LogP contribution in [-0.2, 0) is 17.7 Å². The first-order valence-corrected chi connectivity index (χ1v) is 12.8. The number of benzene rings is 1. The highest BCUT2D eigenvalue weighted by atomic mass is 19.4. The van der Waals surface area contributed by atoms with Crippen molar-refractivity contribution in [2.75, 3.05) is 32.8 Å². The third-order valence-electron chi connectivity index (χ3n) is 7.86. The highest BCUT2D eigenvalue weighted by Gasteiger charge is 2.45. The minimum Gasteiger partial charge on any atom is -0.365 e. The third kappa shape index (κ3) is 4.57. The quantitative estimate of drug-likeness (QED) is 0.521.